The van der Waals surface area contributed by atoms with Crippen molar-refractivity contribution in [1.82, 2.24) is 4.90 Å². The Bertz CT molecular complexity index is 459. The van der Waals surface area contributed by atoms with E-state index in [1.807, 2.05) is 30.3 Å². The molecular formula is C18H27NO3. The lowest BCUT2D eigenvalue weighted by atomic mass is 10.1. The summed E-state index contributed by atoms with van der Waals surface area (Å²) in [6, 6.07) is 9.70. The molecule has 0 aliphatic carbocycles. The molecule has 22 heavy (non-hydrogen) atoms. The average Bonchev–Trinajstić information content (AvgIpc) is 2.54. The van der Waals surface area contributed by atoms with Crippen LogP contribution < -0.4 is 0 Å². The van der Waals surface area contributed by atoms with Crippen molar-refractivity contribution in [3.8, 4) is 0 Å². The van der Waals surface area contributed by atoms with Crippen molar-refractivity contribution in [3.63, 3.8) is 0 Å². The molecule has 1 amide bonds. The van der Waals surface area contributed by atoms with Gasteiger partial charge in [0.15, 0.2) is 0 Å². The smallest absolute Gasteiger partial charge is 0.310 e. The number of hydrogen-bond acceptors (Lipinski definition) is 3. The van der Waals surface area contributed by atoms with E-state index in [4.69, 9.17) is 4.74 Å². The molecule has 4 heteroatoms. The first-order valence-electron chi connectivity index (χ1n) is 7.98. The summed E-state index contributed by atoms with van der Waals surface area (Å²) >= 11 is 0. The normalized spacial score (nSPS) is 11.8. The van der Waals surface area contributed by atoms with E-state index >= 15 is 0 Å². The van der Waals surface area contributed by atoms with E-state index in [-0.39, 0.29) is 17.8 Å². The number of carbonyl (C=O) groups excluding carboxylic acids is 2. The maximum absolute atomic E-state index is 12.5. The minimum absolute atomic E-state index is 0.0676. The molecule has 0 N–H and O–H groups in total. The molecular weight excluding hydrogens is 278 g/mol. The highest BCUT2D eigenvalue weighted by Crippen LogP contribution is 2.09. The van der Waals surface area contributed by atoms with Gasteiger partial charge in [-0.1, -0.05) is 57.0 Å². The van der Waals surface area contributed by atoms with Crippen molar-refractivity contribution in [1.29, 1.82) is 0 Å². The predicted molar refractivity (Wildman–Crippen MR) is 87.4 cm³/mol. The molecule has 0 saturated heterocycles. The maximum atomic E-state index is 12.5. The van der Waals surface area contributed by atoms with Gasteiger partial charge in [-0.05, 0) is 12.0 Å². The van der Waals surface area contributed by atoms with E-state index in [1.54, 1.807) is 11.8 Å². The largest absolute Gasteiger partial charge is 0.469 e. The van der Waals surface area contributed by atoms with Crippen LogP contribution in [-0.4, -0.2) is 37.0 Å². The van der Waals surface area contributed by atoms with Crippen LogP contribution in [0.4, 0.5) is 0 Å². The van der Waals surface area contributed by atoms with Crippen molar-refractivity contribution < 1.29 is 14.3 Å². The summed E-state index contributed by atoms with van der Waals surface area (Å²) in [4.78, 5) is 25.9. The number of benzene rings is 1. The van der Waals surface area contributed by atoms with Gasteiger partial charge in [-0.2, -0.15) is 0 Å². The fourth-order valence-corrected chi connectivity index (χ4v) is 2.36. The number of esters is 1. The fourth-order valence-electron chi connectivity index (χ4n) is 2.36. The lowest BCUT2D eigenvalue weighted by Gasteiger charge is -2.25. The number of rotatable bonds is 9. The molecule has 1 rings (SSSR count). The summed E-state index contributed by atoms with van der Waals surface area (Å²) in [6.07, 6.45) is 3.53. The van der Waals surface area contributed by atoms with Crippen LogP contribution in [0.2, 0.25) is 0 Å². The highest BCUT2D eigenvalue weighted by molar-refractivity contribution is 5.80. The number of hydrogen-bond donors (Lipinski definition) is 0. The van der Waals surface area contributed by atoms with Crippen LogP contribution in [0, 0.1) is 5.92 Å². The van der Waals surface area contributed by atoms with Gasteiger partial charge in [-0.15, -0.1) is 0 Å². The zero-order valence-electron chi connectivity index (χ0n) is 13.9. The molecule has 1 aromatic rings. The standard InChI is InChI=1S/C18H27NO3/c1-4-5-9-12-19(14-15(2)18(21)22-3)17(20)13-16-10-7-6-8-11-16/h6-8,10-11,15H,4-5,9,12-14H2,1-3H3. The zero-order valence-corrected chi connectivity index (χ0v) is 13.9. The molecule has 0 aromatic heterocycles. The first-order valence-corrected chi connectivity index (χ1v) is 7.98. The van der Waals surface area contributed by atoms with Gasteiger partial charge in [-0.25, -0.2) is 0 Å². The van der Waals surface area contributed by atoms with E-state index in [9.17, 15) is 9.59 Å². The second kappa shape index (κ2) is 9.98. The van der Waals surface area contributed by atoms with Gasteiger partial charge in [0.2, 0.25) is 5.91 Å². The van der Waals surface area contributed by atoms with Gasteiger partial charge in [0, 0.05) is 13.1 Å². The molecule has 4 nitrogen and oxygen atoms in total. The Balaban J connectivity index is 2.66. The fraction of sp³-hybridized carbons (Fsp3) is 0.556. The van der Waals surface area contributed by atoms with E-state index in [0.717, 1.165) is 24.8 Å². The first kappa shape index (κ1) is 18.2. The van der Waals surface area contributed by atoms with Gasteiger partial charge < -0.3 is 9.64 Å². The molecule has 0 aliphatic heterocycles. The maximum Gasteiger partial charge on any atom is 0.310 e. The Labute approximate surface area is 133 Å². The molecule has 122 valence electrons. The third-order valence-corrected chi connectivity index (χ3v) is 3.68. The molecule has 0 heterocycles. The minimum atomic E-state index is -0.300. The lowest BCUT2D eigenvalue weighted by Crippen LogP contribution is -2.38. The van der Waals surface area contributed by atoms with E-state index < -0.39 is 0 Å². The van der Waals surface area contributed by atoms with Crippen LogP contribution in [0.1, 0.15) is 38.7 Å². The van der Waals surface area contributed by atoms with Crippen LogP contribution in [0.15, 0.2) is 30.3 Å². The molecule has 0 spiro atoms. The van der Waals surface area contributed by atoms with Gasteiger partial charge in [0.1, 0.15) is 0 Å². The third-order valence-electron chi connectivity index (χ3n) is 3.68. The topological polar surface area (TPSA) is 46.6 Å². The zero-order chi connectivity index (χ0) is 16.4. The number of ether oxygens (including phenoxy) is 1. The van der Waals surface area contributed by atoms with Crippen LogP contribution in [0.5, 0.6) is 0 Å². The Morgan fingerprint density at radius 3 is 2.45 bits per heavy atom. The minimum Gasteiger partial charge on any atom is -0.469 e. The number of amides is 1. The van der Waals surface area contributed by atoms with E-state index in [2.05, 4.69) is 6.92 Å². The summed E-state index contributed by atoms with van der Waals surface area (Å²) in [5, 5.41) is 0. The molecule has 0 aliphatic rings. The Morgan fingerprint density at radius 2 is 1.86 bits per heavy atom. The Morgan fingerprint density at radius 1 is 1.18 bits per heavy atom. The number of unbranched alkanes of at least 4 members (excludes halogenated alkanes) is 2. The summed E-state index contributed by atoms with van der Waals surface area (Å²) in [7, 11) is 1.38. The SMILES string of the molecule is CCCCCN(CC(C)C(=O)OC)C(=O)Cc1ccccc1. The molecule has 1 unspecified atom stereocenters. The number of methoxy groups -OCH3 is 1. The van der Waals surface area contributed by atoms with Crippen molar-refractivity contribution in [2.24, 2.45) is 5.92 Å². The van der Waals surface area contributed by atoms with E-state index in [0.29, 0.717) is 19.5 Å². The van der Waals surface area contributed by atoms with Gasteiger partial charge in [0.25, 0.3) is 0 Å². The molecule has 0 radical (unpaired) electrons. The second-order valence-electron chi connectivity index (χ2n) is 5.63. The highest BCUT2D eigenvalue weighted by Gasteiger charge is 2.21. The van der Waals surface area contributed by atoms with Crippen molar-refractivity contribution >= 4 is 11.9 Å². The first-order chi connectivity index (χ1) is 10.6. The molecule has 0 saturated carbocycles. The molecule has 1 atom stereocenters. The van der Waals surface area contributed by atoms with Gasteiger partial charge in [-0.3, -0.25) is 9.59 Å². The monoisotopic (exact) mass is 305 g/mol. The van der Waals surface area contributed by atoms with Crippen molar-refractivity contribution in [2.45, 2.75) is 39.5 Å². The number of carbonyl (C=O) groups is 2. The van der Waals surface area contributed by atoms with Crippen LogP contribution >= 0.6 is 0 Å². The molecule has 0 fully saturated rings. The Kier molecular flexibility index (Phi) is 8.26. The predicted octanol–water partition coefficient (Wildman–Crippen LogP) is 3.06. The second-order valence-corrected chi connectivity index (χ2v) is 5.63. The van der Waals surface area contributed by atoms with Crippen LogP contribution in [-0.2, 0) is 20.7 Å². The quantitative estimate of drug-likeness (QED) is 0.520. The van der Waals surface area contributed by atoms with Crippen molar-refractivity contribution in [2.75, 3.05) is 20.2 Å². The summed E-state index contributed by atoms with van der Waals surface area (Å²) in [5.41, 5.74) is 0.999. The summed E-state index contributed by atoms with van der Waals surface area (Å²) < 4.78 is 4.76. The molecule has 1 aromatic carbocycles. The van der Waals surface area contributed by atoms with Gasteiger partial charge in [0.05, 0.1) is 19.4 Å². The Hall–Kier alpha value is -1.84. The summed E-state index contributed by atoms with van der Waals surface area (Å²) in [5.74, 6) is -0.502. The van der Waals surface area contributed by atoms with Crippen LogP contribution in [0.3, 0.4) is 0 Å². The third kappa shape index (κ3) is 6.29. The number of nitrogens with zero attached hydrogens (tertiary/aromatic N) is 1. The highest BCUT2D eigenvalue weighted by atomic mass is 16.5. The molecule has 0 bridgehead atoms. The lowest BCUT2D eigenvalue weighted by molar-refractivity contribution is -0.146. The van der Waals surface area contributed by atoms with Gasteiger partial charge >= 0.3 is 5.97 Å². The van der Waals surface area contributed by atoms with E-state index in [1.165, 1.54) is 7.11 Å². The average molecular weight is 305 g/mol. The van der Waals surface area contributed by atoms with Crippen LogP contribution in [0.25, 0.3) is 0 Å². The van der Waals surface area contributed by atoms with Crippen molar-refractivity contribution in [3.05, 3.63) is 35.9 Å². The summed E-state index contributed by atoms with van der Waals surface area (Å²) in [6.45, 7) is 5.05.